The highest BCUT2D eigenvalue weighted by Gasteiger charge is 2.38. The van der Waals surface area contributed by atoms with Crippen LogP contribution >= 0.6 is 11.6 Å². The Morgan fingerprint density at radius 3 is 2.61 bits per heavy atom. The van der Waals surface area contributed by atoms with Crippen molar-refractivity contribution in [2.45, 2.75) is 59.1 Å². The number of halogens is 1. The molecule has 2 aromatic carbocycles. The Labute approximate surface area is 213 Å². The minimum absolute atomic E-state index is 0.240. The smallest absolute Gasteiger partial charge is 0.328 e. The molecule has 4 aromatic rings. The molecule has 1 saturated carbocycles. The van der Waals surface area contributed by atoms with Crippen LogP contribution in [0.1, 0.15) is 52.1 Å². The van der Waals surface area contributed by atoms with Crippen LogP contribution < -0.4 is 10.3 Å². The topological polar surface area (TPSA) is 99.1 Å². The van der Waals surface area contributed by atoms with E-state index in [-0.39, 0.29) is 17.5 Å². The summed E-state index contributed by atoms with van der Waals surface area (Å²) in [5.74, 6) is 0.751. The number of carbonyl (C=O) groups is 1. The van der Waals surface area contributed by atoms with E-state index in [1.165, 1.54) is 0 Å². The molecule has 0 unspecified atom stereocenters. The highest BCUT2D eigenvalue weighted by molar-refractivity contribution is 6.32. The third-order valence-electron chi connectivity index (χ3n) is 6.24. The molecule has 0 amide bonds. The Morgan fingerprint density at radius 1 is 1.19 bits per heavy atom. The average Bonchev–Trinajstić information content (AvgIpc) is 3.41. The molecule has 1 N–H and O–H groups in total. The molecule has 1 fully saturated rings. The molecule has 8 nitrogen and oxygen atoms in total. The van der Waals surface area contributed by atoms with Gasteiger partial charge >= 0.3 is 5.97 Å². The molecule has 0 atom stereocenters. The number of benzene rings is 2. The molecule has 0 bridgehead atoms. The van der Waals surface area contributed by atoms with Crippen molar-refractivity contribution in [2.24, 2.45) is 5.41 Å². The predicted octanol–water partition coefficient (Wildman–Crippen LogP) is 5.04. The zero-order valence-corrected chi connectivity index (χ0v) is 21.6. The monoisotopic (exact) mass is 508 g/mol. The van der Waals surface area contributed by atoms with Crippen LogP contribution in [0.25, 0.3) is 21.8 Å². The van der Waals surface area contributed by atoms with Gasteiger partial charge in [0.25, 0.3) is 5.56 Å². The van der Waals surface area contributed by atoms with Crippen molar-refractivity contribution in [1.29, 1.82) is 0 Å². The lowest BCUT2D eigenvalue weighted by atomic mass is 10.1. The molecule has 1 aliphatic rings. The van der Waals surface area contributed by atoms with Crippen molar-refractivity contribution in [3.63, 3.8) is 0 Å². The third kappa shape index (κ3) is 5.23. The Kier molecular flexibility index (Phi) is 6.03. The van der Waals surface area contributed by atoms with Crippen molar-refractivity contribution < 1.29 is 14.3 Å². The number of hydrogen-bond acceptors (Lipinski definition) is 6. The third-order valence-corrected chi connectivity index (χ3v) is 6.54. The maximum atomic E-state index is 13.0. The zero-order valence-electron chi connectivity index (χ0n) is 20.9. The molecule has 0 radical (unpaired) electrons. The van der Waals surface area contributed by atoms with E-state index in [1.807, 2.05) is 24.3 Å². The van der Waals surface area contributed by atoms with Crippen LogP contribution in [0, 0.1) is 5.41 Å². The van der Waals surface area contributed by atoms with Gasteiger partial charge in [-0.3, -0.25) is 9.59 Å². The number of ether oxygens (including phenoxy) is 2. The Bertz CT molecular complexity index is 1530. The number of rotatable bonds is 7. The zero-order chi connectivity index (χ0) is 25.7. The minimum Gasteiger partial charge on any atom is -0.491 e. The first-order chi connectivity index (χ1) is 17.0. The van der Waals surface area contributed by atoms with E-state index in [1.54, 1.807) is 32.9 Å². The van der Waals surface area contributed by atoms with Crippen molar-refractivity contribution in [3.8, 4) is 5.75 Å². The van der Waals surface area contributed by atoms with Gasteiger partial charge < -0.3 is 14.5 Å². The molecule has 2 heterocycles. The Balaban J connectivity index is 1.46. The standard InChI is InChI=1S/C27H29ClN4O4/c1-26(2,3)36-24(33)14-32-25(34)17-8-6-5-7-16(17)19(31-32)13-23-29-20-11-18(28)22(12-21(20)30-23)35-15-27(4)9-10-27/h5-8,11-12H,9-10,13-15H2,1-4H3,(H,29,30). The van der Waals surface area contributed by atoms with E-state index < -0.39 is 11.6 Å². The molecule has 0 spiro atoms. The summed E-state index contributed by atoms with van der Waals surface area (Å²) in [6.07, 6.45) is 2.66. The van der Waals surface area contributed by atoms with Gasteiger partial charge in [-0.15, -0.1) is 0 Å². The summed E-state index contributed by atoms with van der Waals surface area (Å²) in [7, 11) is 0. The average molecular weight is 509 g/mol. The lowest BCUT2D eigenvalue weighted by Gasteiger charge is -2.19. The quantitative estimate of drug-likeness (QED) is 0.351. The molecule has 2 aromatic heterocycles. The first-order valence-electron chi connectivity index (χ1n) is 12.0. The van der Waals surface area contributed by atoms with Crippen LogP contribution in [0.4, 0.5) is 0 Å². The van der Waals surface area contributed by atoms with Crippen LogP contribution in [0.2, 0.25) is 5.02 Å². The molecule has 36 heavy (non-hydrogen) atoms. The van der Waals surface area contributed by atoms with Gasteiger partial charge in [-0.2, -0.15) is 5.10 Å². The Hall–Kier alpha value is -3.39. The van der Waals surface area contributed by atoms with E-state index in [0.717, 1.165) is 28.6 Å². The number of esters is 1. The van der Waals surface area contributed by atoms with E-state index in [9.17, 15) is 9.59 Å². The second kappa shape index (κ2) is 8.92. The van der Waals surface area contributed by atoms with Crippen LogP contribution in [0.15, 0.2) is 41.2 Å². The number of H-pyrrole nitrogens is 1. The largest absolute Gasteiger partial charge is 0.491 e. The first-order valence-corrected chi connectivity index (χ1v) is 12.4. The van der Waals surface area contributed by atoms with Gasteiger partial charge in [-0.25, -0.2) is 9.67 Å². The summed E-state index contributed by atoms with van der Waals surface area (Å²) in [5, 5.41) is 6.24. The molecule has 5 rings (SSSR count). The molecular formula is C27H29ClN4O4. The summed E-state index contributed by atoms with van der Waals surface area (Å²) in [6.45, 7) is 7.90. The highest BCUT2D eigenvalue weighted by Crippen LogP contribution is 2.45. The van der Waals surface area contributed by atoms with Crippen LogP contribution in [-0.4, -0.2) is 37.9 Å². The molecule has 188 valence electrons. The normalized spacial score (nSPS) is 14.8. The Morgan fingerprint density at radius 2 is 1.92 bits per heavy atom. The number of aromatic amines is 1. The van der Waals surface area contributed by atoms with E-state index >= 15 is 0 Å². The van der Waals surface area contributed by atoms with Gasteiger partial charge in [0.1, 0.15) is 23.7 Å². The van der Waals surface area contributed by atoms with E-state index in [2.05, 4.69) is 17.0 Å². The maximum absolute atomic E-state index is 13.0. The van der Waals surface area contributed by atoms with E-state index in [4.69, 9.17) is 26.1 Å². The minimum atomic E-state index is -0.658. The lowest BCUT2D eigenvalue weighted by Crippen LogP contribution is -2.32. The van der Waals surface area contributed by atoms with Gasteiger partial charge in [0.2, 0.25) is 0 Å². The van der Waals surface area contributed by atoms with Crippen molar-refractivity contribution in [1.82, 2.24) is 19.7 Å². The van der Waals surface area contributed by atoms with Crippen molar-refractivity contribution >= 4 is 39.4 Å². The van der Waals surface area contributed by atoms with Crippen molar-refractivity contribution in [2.75, 3.05) is 6.61 Å². The van der Waals surface area contributed by atoms with Gasteiger partial charge in [0.05, 0.1) is 40.2 Å². The van der Waals surface area contributed by atoms with Gasteiger partial charge in [-0.1, -0.05) is 36.7 Å². The summed E-state index contributed by atoms with van der Waals surface area (Å²) in [6, 6.07) is 10.9. The van der Waals surface area contributed by atoms with E-state index in [0.29, 0.717) is 46.1 Å². The fourth-order valence-corrected chi connectivity index (χ4v) is 4.28. The summed E-state index contributed by atoms with van der Waals surface area (Å²) in [4.78, 5) is 33.5. The van der Waals surface area contributed by atoms with Gasteiger partial charge in [0, 0.05) is 16.9 Å². The van der Waals surface area contributed by atoms with Crippen LogP contribution in [0.5, 0.6) is 5.75 Å². The molecular weight excluding hydrogens is 480 g/mol. The fraction of sp³-hybridized carbons (Fsp3) is 0.407. The number of nitrogens with one attached hydrogen (secondary N) is 1. The fourth-order valence-electron chi connectivity index (χ4n) is 4.07. The summed E-state index contributed by atoms with van der Waals surface area (Å²) < 4.78 is 12.5. The van der Waals surface area contributed by atoms with Gasteiger partial charge in [0.15, 0.2) is 0 Å². The first kappa shape index (κ1) is 24.3. The number of carbonyl (C=O) groups excluding carboxylic acids is 1. The van der Waals surface area contributed by atoms with Gasteiger partial charge in [-0.05, 0) is 45.7 Å². The lowest BCUT2D eigenvalue weighted by molar-refractivity contribution is -0.155. The highest BCUT2D eigenvalue weighted by atomic mass is 35.5. The number of fused-ring (bicyclic) bond motifs is 2. The van der Waals surface area contributed by atoms with Crippen LogP contribution in [-0.2, 0) is 22.5 Å². The number of imidazole rings is 1. The van der Waals surface area contributed by atoms with Crippen LogP contribution in [0.3, 0.4) is 0 Å². The second-order valence-electron chi connectivity index (χ2n) is 10.8. The summed E-state index contributed by atoms with van der Waals surface area (Å²) in [5.41, 5.74) is 1.38. The number of nitrogens with zero attached hydrogens (tertiary/aromatic N) is 3. The SMILES string of the molecule is CC1(COc2cc3nc(Cc4nn(CC(=O)OC(C)(C)C)c(=O)c5ccccc45)[nH]c3cc2Cl)CC1. The predicted molar refractivity (Wildman–Crippen MR) is 139 cm³/mol. The summed E-state index contributed by atoms with van der Waals surface area (Å²) >= 11 is 6.47. The molecule has 1 aliphatic carbocycles. The number of aromatic nitrogens is 4. The molecule has 0 saturated heterocycles. The number of hydrogen-bond donors (Lipinski definition) is 1. The molecule has 9 heteroatoms. The van der Waals surface area contributed by atoms with Crippen molar-refractivity contribution in [3.05, 3.63) is 63.3 Å². The second-order valence-corrected chi connectivity index (χ2v) is 11.2. The maximum Gasteiger partial charge on any atom is 0.328 e. The molecule has 0 aliphatic heterocycles.